The molecule has 3 aromatic rings. The van der Waals surface area contributed by atoms with Gasteiger partial charge in [-0.25, -0.2) is 0 Å². The lowest BCUT2D eigenvalue weighted by molar-refractivity contribution is -0.117. The molecule has 0 spiro atoms. The van der Waals surface area contributed by atoms with Gasteiger partial charge < -0.3 is 14.8 Å². The third kappa shape index (κ3) is 4.46. The molecule has 0 radical (unpaired) electrons. The van der Waals surface area contributed by atoms with Gasteiger partial charge in [-0.15, -0.1) is 10.2 Å². The van der Waals surface area contributed by atoms with Gasteiger partial charge in [0, 0.05) is 11.8 Å². The molecule has 1 heterocycles. The smallest absolute Gasteiger partial charge is 0.235 e. The number of rotatable bonds is 7. The summed E-state index contributed by atoms with van der Waals surface area (Å²) in [6, 6.07) is 11.4. The van der Waals surface area contributed by atoms with Gasteiger partial charge in [0.1, 0.15) is 17.4 Å². The summed E-state index contributed by atoms with van der Waals surface area (Å²) in [5.74, 6) is 0.773. The van der Waals surface area contributed by atoms with Crippen LogP contribution in [0, 0.1) is 13.8 Å². The van der Waals surface area contributed by atoms with Crippen LogP contribution >= 0.6 is 0 Å². The van der Waals surface area contributed by atoms with Crippen LogP contribution in [0.5, 0.6) is 11.5 Å². The molecular weight excluding hydrogens is 358 g/mol. The monoisotopic (exact) mass is 381 g/mol. The standard InChI is InChI=1S/C20H23N5O3/c1-12-7-13(2)9-15(8-12)21-20(26)17(19-22-24-25-23-19)10-14-5-6-16(27-3)11-18(14)28-4/h5-9,11,17H,10H2,1-4H3,(H,21,26)(H,22,23,24,25)/t17-/m0/s1. The Morgan fingerprint density at radius 1 is 1.11 bits per heavy atom. The fraction of sp³-hybridized carbons (Fsp3) is 0.300. The highest BCUT2D eigenvalue weighted by Gasteiger charge is 2.27. The van der Waals surface area contributed by atoms with E-state index in [0.717, 1.165) is 22.4 Å². The second kappa shape index (κ2) is 8.51. The lowest BCUT2D eigenvalue weighted by atomic mass is 9.96. The lowest BCUT2D eigenvalue weighted by Crippen LogP contribution is -2.24. The van der Waals surface area contributed by atoms with E-state index in [2.05, 4.69) is 32.0 Å². The number of carbonyl (C=O) groups excluding carboxylic acids is 1. The number of benzene rings is 2. The van der Waals surface area contributed by atoms with E-state index in [4.69, 9.17) is 9.47 Å². The van der Waals surface area contributed by atoms with Crippen LogP contribution in [0.15, 0.2) is 36.4 Å². The first-order valence-electron chi connectivity index (χ1n) is 8.83. The first kappa shape index (κ1) is 19.3. The maximum atomic E-state index is 13.1. The van der Waals surface area contributed by atoms with Crippen molar-refractivity contribution in [2.75, 3.05) is 19.5 Å². The van der Waals surface area contributed by atoms with Crippen molar-refractivity contribution in [3.8, 4) is 11.5 Å². The van der Waals surface area contributed by atoms with E-state index in [1.54, 1.807) is 20.3 Å². The Bertz CT molecular complexity index is 936. The van der Waals surface area contributed by atoms with Crippen LogP contribution < -0.4 is 14.8 Å². The summed E-state index contributed by atoms with van der Waals surface area (Å²) < 4.78 is 10.7. The number of amides is 1. The number of carbonyl (C=O) groups is 1. The van der Waals surface area contributed by atoms with Gasteiger partial charge in [0.25, 0.3) is 0 Å². The fourth-order valence-corrected chi connectivity index (χ4v) is 3.14. The SMILES string of the molecule is COc1ccc(C[C@H](C(=O)Nc2cc(C)cc(C)c2)c2nn[nH]n2)c(OC)c1. The van der Waals surface area contributed by atoms with Gasteiger partial charge >= 0.3 is 0 Å². The zero-order valence-corrected chi connectivity index (χ0v) is 16.3. The van der Waals surface area contributed by atoms with Crippen LogP contribution in [0.3, 0.4) is 0 Å². The Kier molecular flexibility index (Phi) is 5.88. The quantitative estimate of drug-likeness (QED) is 0.652. The third-order valence-corrected chi connectivity index (χ3v) is 4.40. The highest BCUT2D eigenvalue weighted by atomic mass is 16.5. The predicted octanol–water partition coefficient (Wildman–Crippen LogP) is 2.80. The van der Waals surface area contributed by atoms with Gasteiger partial charge in [-0.1, -0.05) is 17.3 Å². The zero-order chi connectivity index (χ0) is 20.1. The molecule has 1 amide bonds. The van der Waals surface area contributed by atoms with Crippen molar-refractivity contribution in [1.29, 1.82) is 0 Å². The van der Waals surface area contributed by atoms with E-state index >= 15 is 0 Å². The minimum atomic E-state index is -0.637. The molecule has 28 heavy (non-hydrogen) atoms. The third-order valence-electron chi connectivity index (χ3n) is 4.40. The highest BCUT2D eigenvalue weighted by molar-refractivity contribution is 5.95. The number of hydrogen-bond acceptors (Lipinski definition) is 6. The van der Waals surface area contributed by atoms with Crippen molar-refractivity contribution >= 4 is 11.6 Å². The summed E-state index contributed by atoms with van der Waals surface area (Å²) in [5, 5.41) is 17.0. The number of methoxy groups -OCH3 is 2. The van der Waals surface area contributed by atoms with E-state index in [1.165, 1.54) is 0 Å². The van der Waals surface area contributed by atoms with E-state index in [9.17, 15) is 4.79 Å². The summed E-state index contributed by atoms with van der Waals surface area (Å²) in [6.45, 7) is 3.98. The maximum Gasteiger partial charge on any atom is 0.235 e. The molecule has 0 aliphatic carbocycles. The molecule has 1 aromatic heterocycles. The van der Waals surface area contributed by atoms with Crippen molar-refractivity contribution in [1.82, 2.24) is 20.6 Å². The average Bonchev–Trinajstić information content (AvgIpc) is 3.19. The molecule has 0 fully saturated rings. The Morgan fingerprint density at radius 2 is 1.86 bits per heavy atom. The number of H-pyrrole nitrogens is 1. The Morgan fingerprint density at radius 3 is 2.46 bits per heavy atom. The number of aromatic nitrogens is 4. The summed E-state index contributed by atoms with van der Waals surface area (Å²) in [6.07, 6.45) is 0.351. The van der Waals surface area contributed by atoms with Gasteiger partial charge in [0.2, 0.25) is 5.91 Å². The minimum Gasteiger partial charge on any atom is -0.497 e. The number of aryl methyl sites for hydroxylation is 2. The topological polar surface area (TPSA) is 102 Å². The van der Waals surface area contributed by atoms with Gasteiger partial charge in [0.05, 0.1) is 14.2 Å². The second-order valence-corrected chi connectivity index (χ2v) is 6.57. The molecule has 2 aromatic carbocycles. The lowest BCUT2D eigenvalue weighted by Gasteiger charge is -2.17. The summed E-state index contributed by atoms with van der Waals surface area (Å²) in [4.78, 5) is 13.1. The number of aromatic amines is 1. The molecule has 0 saturated carbocycles. The van der Waals surface area contributed by atoms with E-state index < -0.39 is 5.92 Å². The van der Waals surface area contributed by atoms with E-state index in [0.29, 0.717) is 23.7 Å². The zero-order valence-electron chi connectivity index (χ0n) is 16.3. The number of nitrogens with one attached hydrogen (secondary N) is 2. The average molecular weight is 381 g/mol. The number of anilines is 1. The fourth-order valence-electron chi connectivity index (χ4n) is 3.14. The Labute approximate surface area is 163 Å². The van der Waals surface area contributed by atoms with Gasteiger partial charge in [-0.2, -0.15) is 5.21 Å². The molecule has 0 saturated heterocycles. The van der Waals surface area contributed by atoms with Crippen LogP contribution in [0.1, 0.15) is 28.4 Å². The minimum absolute atomic E-state index is 0.218. The Balaban J connectivity index is 1.89. The molecule has 146 valence electrons. The van der Waals surface area contributed by atoms with Crippen molar-refractivity contribution in [3.63, 3.8) is 0 Å². The molecule has 1 atom stereocenters. The van der Waals surface area contributed by atoms with Crippen molar-refractivity contribution in [2.45, 2.75) is 26.2 Å². The first-order chi connectivity index (χ1) is 13.5. The summed E-state index contributed by atoms with van der Waals surface area (Å²) >= 11 is 0. The number of ether oxygens (including phenoxy) is 2. The van der Waals surface area contributed by atoms with Gasteiger partial charge in [0.15, 0.2) is 5.82 Å². The molecular formula is C20H23N5O3. The summed E-state index contributed by atoms with van der Waals surface area (Å²) in [5.41, 5.74) is 3.72. The van der Waals surface area contributed by atoms with Crippen molar-refractivity contribution in [3.05, 3.63) is 58.9 Å². The molecule has 3 rings (SSSR count). The van der Waals surface area contributed by atoms with Crippen molar-refractivity contribution < 1.29 is 14.3 Å². The maximum absolute atomic E-state index is 13.1. The molecule has 0 aliphatic heterocycles. The van der Waals surface area contributed by atoms with Gasteiger partial charge in [-0.05, 0) is 55.2 Å². The van der Waals surface area contributed by atoms with Crippen LogP contribution in [0.25, 0.3) is 0 Å². The van der Waals surface area contributed by atoms with E-state index in [-0.39, 0.29) is 5.91 Å². The molecule has 8 heteroatoms. The molecule has 0 bridgehead atoms. The number of tetrazole rings is 1. The van der Waals surface area contributed by atoms with E-state index in [1.807, 2.05) is 38.1 Å². The summed E-state index contributed by atoms with van der Waals surface area (Å²) in [7, 11) is 3.17. The second-order valence-electron chi connectivity index (χ2n) is 6.57. The van der Waals surface area contributed by atoms with Crippen LogP contribution in [0.2, 0.25) is 0 Å². The Hall–Kier alpha value is -3.42. The van der Waals surface area contributed by atoms with Crippen LogP contribution in [-0.4, -0.2) is 40.8 Å². The highest BCUT2D eigenvalue weighted by Crippen LogP contribution is 2.29. The van der Waals surface area contributed by atoms with Crippen LogP contribution in [-0.2, 0) is 11.2 Å². The number of hydrogen-bond donors (Lipinski definition) is 2. The molecule has 0 aliphatic rings. The normalized spacial score (nSPS) is 11.7. The van der Waals surface area contributed by atoms with Crippen LogP contribution in [0.4, 0.5) is 5.69 Å². The molecule has 0 unspecified atom stereocenters. The van der Waals surface area contributed by atoms with Crippen molar-refractivity contribution in [2.24, 2.45) is 0 Å². The van der Waals surface area contributed by atoms with Gasteiger partial charge in [-0.3, -0.25) is 4.79 Å². The predicted molar refractivity (Wildman–Crippen MR) is 105 cm³/mol. The number of nitrogens with zero attached hydrogens (tertiary/aromatic N) is 3. The largest absolute Gasteiger partial charge is 0.497 e. The first-order valence-corrected chi connectivity index (χ1v) is 8.83. The molecule has 2 N–H and O–H groups in total. The molecule has 8 nitrogen and oxygen atoms in total.